The smallest absolute Gasteiger partial charge is 0.328 e. The van der Waals surface area contributed by atoms with E-state index in [9.17, 15) is 29.1 Å². The Morgan fingerprint density at radius 2 is 1.66 bits per heavy atom. The summed E-state index contributed by atoms with van der Waals surface area (Å²) in [6.07, 6.45) is -0.313. The van der Waals surface area contributed by atoms with Crippen LogP contribution in [0.1, 0.15) is 32.6 Å². The standard InChI is InChI=1S/C16H30N6O7/c1-8(23)13(16(28)29)22-15(27)10(6-11(19)24)21-12(25)7-20-14(26)9(18)4-2-3-5-17/h8-10,13,23H,2-7,17-18H2,1H3,(H2,19,24)(H,20,26)(H,21,25)(H,22,27)(H,28,29). The minimum Gasteiger partial charge on any atom is -0.480 e. The molecule has 0 heterocycles. The molecule has 0 radical (unpaired) electrons. The number of hydrogen-bond donors (Lipinski definition) is 8. The first-order valence-electron chi connectivity index (χ1n) is 9.01. The summed E-state index contributed by atoms with van der Waals surface area (Å²) < 4.78 is 0. The number of hydrogen-bond acceptors (Lipinski definition) is 8. The van der Waals surface area contributed by atoms with Crippen molar-refractivity contribution >= 4 is 29.6 Å². The van der Waals surface area contributed by atoms with Crippen molar-refractivity contribution in [1.29, 1.82) is 0 Å². The molecule has 0 fully saturated rings. The van der Waals surface area contributed by atoms with Crippen molar-refractivity contribution in [3.8, 4) is 0 Å². The molecule has 29 heavy (non-hydrogen) atoms. The average Bonchev–Trinajstić information content (AvgIpc) is 2.62. The molecule has 4 amide bonds. The average molecular weight is 418 g/mol. The Morgan fingerprint density at radius 3 is 2.14 bits per heavy atom. The van der Waals surface area contributed by atoms with Gasteiger partial charge in [0.25, 0.3) is 0 Å². The zero-order chi connectivity index (χ0) is 22.6. The highest BCUT2D eigenvalue weighted by atomic mass is 16.4. The van der Waals surface area contributed by atoms with Crippen molar-refractivity contribution in [2.24, 2.45) is 17.2 Å². The van der Waals surface area contributed by atoms with Crippen LogP contribution in [-0.2, 0) is 24.0 Å². The Balaban J connectivity index is 4.78. The number of carboxylic acids is 1. The van der Waals surface area contributed by atoms with Crippen LogP contribution >= 0.6 is 0 Å². The van der Waals surface area contributed by atoms with Gasteiger partial charge in [0.2, 0.25) is 23.6 Å². The van der Waals surface area contributed by atoms with Gasteiger partial charge in [-0.05, 0) is 26.3 Å². The summed E-state index contributed by atoms with van der Waals surface area (Å²) in [6, 6.07) is -3.97. The fourth-order valence-electron chi connectivity index (χ4n) is 2.24. The molecule has 13 nitrogen and oxygen atoms in total. The van der Waals surface area contributed by atoms with E-state index in [1.807, 2.05) is 5.32 Å². The van der Waals surface area contributed by atoms with Crippen molar-refractivity contribution in [2.75, 3.05) is 13.1 Å². The molecule has 166 valence electrons. The van der Waals surface area contributed by atoms with Crippen LogP contribution in [0.25, 0.3) is 0 Å². The van der Waals surface area contributed by atoms with Crippen LogP contribution < -0.4 is 33.2 Å². The predicted molar refractivity (Wildman–Crippen MR) is 101 cm³/mol. The van der Waals surface area contributed by atoms with E-state index >= 15 is 0 Å². The van der Waals surface area contributed by atoms with E-state index < -0.39 is 66.8 Å². The van der Waals surface area contributed by atoms with Crippen molar-refractivity contribution in [3.63, 3.8) is 0 Å². The van der Waals surface area contributed by atoms with Gasteiger partial charge in [-0.2, -0.15) is 0 Å². The number of nitrogens with one attached hydrogen (secondary N) is 3. The number of primary amides is 1. The Labute approximate surface area is 167 Å². The molecule has 4 atom stereocenters. The minimum atomic E-state index is -1.65. The second kappa shape index (κ2) is 13.4. The largest absolute Gasteiger partial charge is 0.480 e. The fraction of sp³-hybridized carbons (Fsp3) is 0.688. The van der Waals surface area contributed by atoms with E-state index in [-0.39, 0.29) is 0 Å². The van der Waals surface area contributed by atoms with Crippen LogP contribution in [0.4, 0.5) is 0 Å². The molecule has 0 aromatic carbocycles. The molecule has 0 aromatic rings. The molecule has 4 unspecified atom stereocenters. The lowest BCUT2D eigenvalue weighted by Crippen LogP contribution is -2.56. The van der Waals surface area contributed by atoms with Crippen molar-refractivity contribution < 1.29 is 34.2 Å². The molecule has 11 N–H and O–H groups in total. The lowest BCUT2D eigenvalue weighted by molar-refractivity contribution is -0.145. The van der Waals surface area contributed by atoms with Gasteiger partial charge in [0, 0.05) is 0 Å². The maximum absolute atomic E-state index is 12.2. The first kappa shape index (κ1) is 26.2. The van der Waals surface area contributed by atoms with Crippen LogP contribution in [0, 0.1) is 0 Å². The number of aliphatic hydroxyl groups is 1. The molecule has 0 bridgehead atoms. The Bertz CT molecular complexity index is 598. The topological polar surface area (TPSA) is 240 Å². The first-order chi connectivity index (χ1) is 13.5. The van der Waals surface area contributed by atoms with Gasteiger partial charge < -0.3 is 43.4 Å². The van der Waals surface area contributed by atoms with E-state index in [1.54, 1.807) is 0 Å². The van der Waals surface area contributed by atoms with Gasteiger partial charge in [-0.25, -0.2) is 4.79 Å². The first-order valence-corrected chi connectivity index (χ1v) is 9.01. The van der Waals surface area contributed by atoms with E-state index in [2.05, 4.69) is 10.6 Å². The number of carboxylic acid groups (broad SMARTS) is 1. The zero-order valence-electron chi connectivity index (χ0n) is 16.2. The zero-order valence-corrected chi connectivity index (χ0v) is 16.2. The molecular formula is C16H30N6O7. The SMILES string of the molecule is CC(O)C(NC(=O)C(CC(N)=O)NC(=O)CNC(=O)C(N)CCCCN)C(=O)O. The van der Waals surface area contributed by atoms with Gasteiger partial charge in [-0.15, -0.1) is 0 Å². The van der Waals surface area contributed by atoms with E-state index in [0.29, 0.717) is 25.8 Å². The molecule has 0 rings (SSSR count). The van der Waals surface area contributed by atoms with Gasteiger partial charge >= 0.3 is 5.97 Å². The highest BCUT2D eigenvalue weighted by molar-refractivity contribution is 5.95. The van der Waals surface area contributed by atoms with Gasteiger partial charge in [0.15, 0.2) is 6.04 Å². The molecule has 0 aromatic heterocycles. The van der Waals surface area contributed by atoms with Crippen LogP contribution in [0.2, 0.25) is 0 Å². The van der Waals surface area contributed by atoms with Gasteiger partial charge in [0.1, 0.15) is 6.04 Å². The lowest BCUT2D eigenvalue weighted by atomic mass is 10.1. The number of amides is 4. The monoisotopic (exact) mass is 418 g/mol. The summed E-state index contributed by atoms with van der Waals surface area (Å²) in [6.45, 7) is 1.09. The number of carbonyl (C=O) groups is 5. The summed E-state index contributed by atoms with van der Waals surface area (Å²) >= 11 is 0. The van der Waals surface area contributed by atoms with Crippen molar-refractivity contribution in [1.82, 2.24) is 16.0 Å². The van der Waals surface area contributed by atoms with Gasteiger partial charge in [-0.3, -0.25) is 19.2 Å². The Kier molecular flexibility index (Phi) is 12.1. The Morgan fingerprint density at radius 1 is 1.03 bits per heavy atom. The number of carbonyl (C=O) groups excluding carboxylic acids is 4. The van der Waals surface area contributed by atoms with Gasteiger partial charge in [0.05, 0.1) is 25.1 Å². The second-order valence-electron chi connectivity index (χ2n) is 6.46. The molecule has 0 aliphatic heterocycles. The molecule has 0 aliphatic carbocycles. The normalized spacial score (nSPS) is 14.8. The lowest BCUT2D eigenvalue weighted by Gasteiger charge is -2.22. The summed E-state index contributed by atoms with van der Waals surface area (Å²) in [5.74, 6) is -4.87. The van der Waals surface area contributed by atoms with Crippen LogP contribution in [-0.4, -0.2) is 77.1 Å². The maximum Gasteiger partial charge on any atom is 0.328 e. The highest BCUT2D eigenvalue weighted by Crippen LogP contribution is 1.99. The quantitative estimate of drug-likeness (QED) is 0.128. The molecule has 13 heteroatoms. The van der Waals surface area contributed by atoms with E-state index in [0.717, 1.165) is 6.92 Å². The number of rotatable bonds is 14. The summed E-state index contributed by atoms with van der Waals surface area (Å²) in [7, 11) is 0. The summed E-state index contributed by atoms with van der Waals surface area (Å²) in [5, 5.41) is 24.9. The summed E-state index contributed by atoms with van der Waals surface area (Å²) in [5.41, 5.74) is 16.1. The third-order valence-electron chi connectivity index (χ3n) is 3.83. The predicted octanol–water partition coefficient (Wildman–Crippen LogP) is -4.13. The molecule has 0 saturated heterocycles. The molecular weight excluding hydrogens is 388 g/mol. The Hall–Kier alpha value is -2.77. The highest BCUT2D eigenvalue weighted by Gasteiger charge is 2.30. The third kappa shape index (κ3) is 11.0. The number of unbranched alkanes of at least 4 members (excludes halogenated alkanes) is 1. The molecule has 0 spiro atoms. The van der Waals surface area contributed by atoms with Gasteiger partial charge in [-0.1, -0.05) is 6.42 Å². The molecule has 0 saturated carbocycles. The van der Waals surface area contributed by atoms with Crippen LogP contribution in [0.3, 0.4) is 0 Å². The van der Waals surface area contributed by atoms with E-state index in [1.165, 1.54) is 0 Å². The van der Waals surface area contributed by atoms with E-state index in [4.69, 9.17) is 22.3 Å². The second-order valence-corrected chi connectivity index (χ2v) is 6.46. The summed E-state index contributed by atoms with van der Waals surface area (Å²) in [4.78, 5) is 58.3. The minimum absolute atomic E-state index is 0.382. The third-order valence-corrected chi connectivity index (χ3v) is 3.83. The van der Waals surface area contributed by atoms with Crippen LogP contribution in [0.15, 0.2) is 0 Å². The number of nitrogens with two attached hydrogens (primary N) is 3. The maximum atomic E-state index is 12.2. The van der Waals surface area contributed by atoms with Crippen LogP contribution in [0.5, 0.6) is 0 Å². The van der Waals surface area contributed by atoms with Crippen molar-refractivity contribution in [3.05, 3.63) is 0 Å². The fourth-order valence-corrected chi connectivity index (χ4v) is 2.24. The number of aliphatic hydroxyl groups excluding tert-OH is 1. The van der Waals surface area contributed by atoms with Crippen molar-refractivity contribution in [2.45, 2.75) is 56.8 Å². The molecule has 0 aliphatic rings. The number of aliphatic carboxylic acids is 1.